The SMILES string of the molecule is Cl.O=C(CCl)OC1CCN(CCc2ccc([N+](=O)[O-])cc2)CC1. The van der Waals surface area contributed by atoms with E-state index in [1.165, 1.54) is 12.1 Å². The molecule has 0 spiro atoms. The molecule has 6 nitrogen and oxygen atoms in total. The van der Waals surface area contributed by atoms with Crippen LogP contribution in [0.2, 0.25) is 0 Å². The molecule has 1 aliphatic rings. The molecule has 1 saturated heterocycles. The molecule has 23 heavy (non-hydrogen) atoms. The van der Waals surface area contributed by atoms with Gasteiger partial charge in [0.15, 0.2) is 0 Å². The molecule has 0 N–H and O–H groups in total. The minimum Gasteiger partial charge on any atom is -0.461 e. The van der Waals surface area contributed by atoms with Gasteiger partial charge in [-0.15, -0.1) is 24.0 Å². The molecular weight excluding hydrogens is 343 g/mol. The molecule has 0 bridgehead atoms. The van der Waals surface area contributed by atoms with E-state index in [2.05, 4.69) is 4.90 Å². The lowest BCUT2D eigenvalue weighted by atomic mass is 10.1. The second-order valence-corrected chi connectivity index (χ2v) is 5.61. The standard InChI is InChI=1S/C15H19ClN2O4.ClH/c16-11-15(19)22-14-6-9-17(10-7-14)8-5-12-1-3-13(4-2-12)18(20)21;/h1-4,14H,5-11H2;1H. The number of carbonyl (C=O) groups is 1. The summed E-state index contributed by atoms with van der Waals surface area (Å²) in [5.41, 5.74) is 1.20. The van der Waals surface area contributed by atoms with Crippen molar-refractivity contribution in [3.8, 4) is 0 Å². The molecule has 0 aliphatic carbocycles. The third kappa shape index (κ3) is 6.33. The minimum absolute atomic E-state index is 0. The maximum Gasteiger partial charge on any atom is 0.321 e. The van der Waals surface area contributed by atoms with Crippen LogP contribution in [0.3, 0.4) is 0 Å². The van der Waals surface area contributed by atoms with E-state index in [0.717, 1.165) is 44.5 Å². The number of benzene rings is 1. The zero-order chi connectivity index (χ0) is 15.9. The molecule has 1 aromatic rings. The van der Waals surface area contributed by atoms with E-state index in [0.29, 0.717) is 0 Å². The van der Waals surface area contributed by atoms with E-state index in [1.54, 1.807) is 12.1 Å². The molecule has 0 saturated carbocycles. The lowest BCUT2D eigenvalue weighted by molar-refractivity contribution is -0.384. The molecule has 2 rings (SSSR count). The third-order valence-electron chi connectivity index (χ3n) is 3.81. The van der Waals surface area contributed by atoms with Crippen molar-refractivity contribution in [1.29, 1.82) is 0 Å². The number of hydrogen-bond acceptors (Lipinski definition) is 5. The van der Waals surface area contributed by atoms with Crippen molar-refractivity contribution in [2.24, 2.45) is 0 Å². The van der Waals surface area contributed by atoms with E-state index in [4.69, 9.17) is 16.3 Å². The maximum absolute atomic E-state index is 11.1. The van der Waals surface area contributed by atoms with Crippen LogP contribution in [0.25, 0.3) is 0 Å². The van der Waals surface area contributed by atoms with Gasteiger partial charge in [-0.05, 0) is 24.8 Å². The molecule has 0 amide bonds. The monoisotopic (exact) mass is 362 g/mol. The highest BCUT2D eigenvalue weighted by molar-refractivity contribution is 6.26. The average Bonchev–Trinajstić information content (AvgIpc) is 2.54. The van der Waals surface area contributed by atoms with Gasteiger partial charge in [-0.25, -0.2) is 0 Å². The second-order valence-electron chi connectivity index (χ2n) is 5.34. The van der Waals surface area contributed by atoms with Crippen molar-refractivity contribution in [2.45, 2.75) is 25.4 Å². The molecule has 1 fully saturated rings. The van der Waals surface area contributed by atoms with Crippen molar-refractivity contribution >= 4 is 35.7 Å². The highest BCUT2D eigenvalue weighted by Gasteiger charge is 2.21. The number of ether oxygens (including phenoxy) is 1. The predicted molar refractivity (Wildman–Crippen MR) is 90.3 cm³/mol. The molecule has 1 aliphatic heterocycles. The van der Waals surface area contributed by atoms with Crippen LogP contribution in [0, 0.1) is 10.1 Å². The summed E-state index contributed by atoms with van der Waals surface area (Å²) in [5.74, 6) is -0.452. The first-order chi connectivity index (χ1) is 10.6. The Morgan fingerprint density at radius 2 is 1.91 bits per heavy atom. The van der Waals surface area contributed by atoms with E-state index in [-0.39, 0.29) is 36.0 Å². The molecule has 1 aromatic carbocycles. The van der Waals surface area contributed by atoms with Crippen LogP contribution in [0.5, 0.6) is 0 Å². The Bertz CT molecular complexity index is 517. The van der Waals surface area contributed by atoms with Gasteiger partial charge in [-0.1, -0.05) is 12.1 Å². The smallest absolute Gasteiger partial charge is 0.321 e. The first-order valence-corrected chi connectivity index (χ1v) is 7.83. The summed E-state index contributed by atoms with van der Waals surface area (Å²) in [7, 11) is 0. The van der Waals surface area contributed by atoms with Crippen molar-refractivity contribution in [2.75, 3.05) is 25.5 Å². The van der Waals surface area contributed by atoms with Crippen LogP contribution in [-0.4, -0.2) is 47.4 Å². The fourth-order valence-corrected chi connectivity index (χ4v) is 2.60. The Labute approximate surface area is 146 Å². The second kappa shape index (κ2) is 9.70. The number of rotatable bonds is 6. The van der Waals surface area contributed by atoms with Gasteiger partial charge in [-0.3, -0.25) is 14.9 Å². The predicted octanol–water partition coefficient (Wildman–Crippen LogP) is 2.81. The first-order valence-electron chi connectivity index (χ1n) is 7.29. The first kappa shape index (κ1) is 19.7. The number of non-ortho nitro benzene ring substituents is 1. The topological polar surface area (TPSA) is 72.7 Å². The summed E-state index contributed by atoms with van der Waals surface area (Å²) in [6.45, 7) is 2.66. The number of hydrogen-bond donors (Lipinski definition) is 0. The number of nitro benzene ring substituents is 1. The summed E-state index contributed by atoms with van der Waals surface area (Å²) >= 11 is 5.42. The normalized spacial score (nSPS) is 15.7. The van der Waals surface area contributed by atoms with Crippen LogP contribution in [0.1, 0.15) is 18.4 Å². The summed E-state index contributed by atoms with van der Waals surface area (Å²) in [4.78, 5) is 23.7. The van der Waals surface area contributed by atoms with Gasteiger partial charge in [0.1, 0.15) is 12.0 Å². The fraction of sp³-hybridized carbons (Fsp3) is 0.533. The lowest BCUT2D eigenvalue weighted by Crippen LogP contribution is -2.39. The Balaban J connectivity index is 0.00000264. The Morgan fingerprint density at radius 3 is 2.43 bits per heavy atom. The maximum atomic E-state index is 11.1. The highest BCUT2D eigenvalue weighted by Crippen LogP contribution is 2.16. The lowest BCUT2D eigenvalue weighted by Gasteiger charge is -2.31. The van der Waals surface area contributed by atoms with Gasteiger partial charge in [-0.2, -0.15) is 0 Å². The van der Waals surface area contributed by atoms with Crippen LogP contribution >= 0.6 is 24.0 Å². The number of esters is 1. The fourth-order valence-electron chi connectivity index (χ4n) is 2.54. The third-order valence-corrected chi connectivity index (χ3v) is 4.02. The summed E-state index contributed by atoms with van der Waals surface area (Å²) < 4.78 is 5.23. The summed E-state index contributed by atoms with van der Waals surface area (Å²) in [6, 6.07) is 6.67. The molecule has 0 atom stereocenters. The van der Waals surface area contributed by atoms with Crippen LogP contribution in [-0.2, 0) is 16.0 Å². The molecular formula is C15H20Cl2N2O4. The Kier molecular flexibility index (Phi) is 8.30. The number of alkyl halides is 1. The number of nitrogens with zero attached hydrogens (tertiary/aromatic N) is 2. The molecule has 128 valence electrons. The van der Waals surface area contributed by atoms with Gasteiger partial charge >= 0.3 is 5.97 Å². The number of nitro groups is 1. The summed E-state index contributed by atoms with van der Waals surface area (Å²) in [5, 5.41) is 10.6. The van der Waals surface area contributed by atoms with E-state index in [9.17, 15) is 14.9 Å². The van der Waals surface area contributed by atoms with Gasteiger partial charge in [0.05, 0.1) is 4.92 Å². The van der Waals surface area contributed by atoms with Gasteiger partial charge in [0.2, 0.25) is 0 Å². The number of halogens is 2. The average molecular weight is 363 g/mol. The molecule has 0 unspecified atom stereocenters. The molecule has 0 aromatic heterocycles. The Hall–Kier alpha value is -1.37. The zero-order valence-corrected chi connectivity index (χ0v) is 14.2. The van der Waals surface area contributed by atoms with Gasteiger partial charge in [0.25, 0.3) is 5.69 Å². The van der Waals surface area contributed by atoms with Crippen molar-refractivity contribution in [3.63, 3.8) is 0 Å². The highest BCUT2D eigenvalue weighted by atomic mass is 35.5. The summed E-state index contributed by atoms with van der Waals surface area (Å²) in [6.07, 6.45) is 2.47. The number of carbonyl (C=O) groups excluding carboxylic acids is 1. The van der Waals surface area contributed by atoms with E-state index >= 15 is 0 Å². The quantitative estimate of drug-likeness (QED) is 0.336. The number of piperidine rings is 1. The molecule has 8 heteroatoms. The largest absolute Gasteiger partial charge is 0.461 e. The number of likely N-dealkylation sites (tertiary alicyclic amines) is 1. The van der Waals surface area contributed by atoms with Crippen molar-refractivity contribution in [3.05, 3.63) is 39.9 Å². The van der Waals surface area contributed by atoms with Gasteiger partial charge in [0, 0.05) is 31.8 Å². The Morgan fingerprint density at radius 1 is 1.30 bits per heavy atom. The van der Waals surface area contributed by atoms with E-state index < -0.39 is 4.92 Å². The van der Waals surface area contributed by atoms with E-state index in [1.807, 2.05) is 0 Å². The van der Waals surface area contributed by atoms with Gasteiger partial charge < -0.3 is 9.64 Å². The van der Waals surface area contributed by atoms with Crippen LogP contribution in [0.15, 0.2) is 24.3 Å². The van der Waals surface area contributed by atoms with Crippen molar-refractivity contribution < 1.29 is 14.5 Å². The zero-order valence-electron chi connectivity index (χ0n) is 12.7. The molecule has 0 radical (unpaired) electrons. The molecule has 1 heterocycles. The van der Waals surface area contributed by atoms with Crippen molar-refractivity contribution in [1.82, 2.24) is 4.90 Å². The van der Waals surface area contributed by atoms with Crippen LogP contribution < -0.4 is 0 Å². The minimum atomic E-state index is -0.392. The van der Waals surface area contributed by atoms with Crippen LogP contribution in [0.4, 0.5) is 5.69 Å².